The third-order valence-electron chi connectivity index (χ3n) is 3.99. The van der Waals surface area contributed by atoms with E-state index in [9.17, 15) is 8.42 Å². The molecule has 1 aliphatic rings. The van der Waals surface area contributed by atoms with Gasteiger partial charge in [-0.1, -0.05) is 13.8 Å². The Kier molecular flexibility index (Phi) is 4.33. The lowest BCUT2D eigenvalue weighted by Crippen LogP contribution is -2.33. The van der Waals surface area contributed by atoms with Crippen molar-refractivity contribution in [2.24, 2.45) is 0 Å². The lowest BCUT2D eigenvalue weighted by molar-refractivity contribution is 0.399. The van der Waals surface area contributed by atoms with E-state index < -0.39 is 10.0 Å². The van der Waals surface area contributed by atoms with Crippen molar-refractivity contribution in [2.45, 2.75) is 63.9 Å². The molecule has 23 heavy (non-hydrogen) atoms. The number of nitrogens with one attached hydrogen (secondary N) is 1. The zero-order valence-corrected chi connectivity index (χ0v) is 15.5. The van der Waals surface area contributed by atoms with Crippen LogP contribution in [0.15, 0.2) is 11.0 Å². The van der Waals surface area contributed by atoms with Crippen LogP contribution >= 0.6 is 11.3 Å². The molecule has 0 fully saturated rings. The highest BCUT2D eigenvalue weighted by Crippen LogP contribution is 2.29. The lowest BCUT2D eigenvalue weighted by atomic mass is 10.1. The number of sulfonamides is 1. The molecule has 126 valence electrons. The minimum atomic E-state index is -3.54. The van der Waals surface area contributed by atoms with Gasteiger partial charge in [-0.05, 0) is 32.8 Å². The van der Waals surface area contributed by atoms with E-state index in [1.54, 1.807) is 6.07 Å². The number of nitrogens with zero attached hydrogens (tertiary/aromatic N) is 3. The minimum absolute atomic E-state index is 0.229. The molecule has 0 radical (unpaired) electrons. The van der Waals surface area contributed by atoms with Crippen LogP contribution in [0.2, 0.25) is 0 Å². The molecule has 1 unspecified atom stereocenters. The van der Waals surface area contributed by atoms with Crippen LogP contribution in [0.3, 0.4) is 0 Å². The molecule has 0 aliphatic carbocycles. The second-order valence-electron chi connectivity index (χ2n) is 6.30. The molecule has 0 saturated carbocycles. The summed E-state index contributed by atoms with van der Waals surface area (Å²) in [5, 5.41) is 4.50. The van der Waals surface area contributed by atoms with E-state index >= 15 is 0 Å². The summed E-state index contributed by atoms with van der Waals surface area (Å²) in [4.78, 5) is 6.75. The van der Waals surface area contributed by atoms with Gasteiger partial charge in [0.2, 0.25) is 10.0 Å². The summed E-state index contributed by atoms with van der Waals surface area (Å²) in [5.41, 5.74) is 0. The lowest BCUT2D eigenvalue weighted by Gasteiger charge is -2.22. The van der Waals surface area contributed by atoms with Crippen molar-refractivity contribution < 1.29 is 8.42 Å². The maximum atomic E-state index is 12.7. The third kappa shape index (κ3) is 3.20. The highest BCUT2D eigenvalue weighted by atomic mass is 32.2. The zero-order valence-electron chi connectivity index (χ0n) is 13.8. The molecule has 0 amide bonds. The first-order chi connectivity index (χ1) is 10.8. The third-order valence-corrected chi connectivity index (χ3v) is 6.68. The van der Waals surface area contributed by atoms with Crippen LogP contribution in [0.5, 0.6) is 0 Å². The van der Waals surface area contributed by atoms with Gasteiger partial charge in [-0.15, -0.1) is 11.3 Å². The van der Waals surface area contributed by atoms with Gasteiger partial charge >= 0.3 is 0 Å². The smallest absolute Gasteiger partial charge is 0.242 e. The summed E-state index contributed by atoms with van der Waals surface area (Å²) in [6, 6.07) is 1.42. The van der Waals surface area contributed by atoms with Gasteiger partial charge in [-0.3, -0.25) is 0 Å². The Morgan fingerprint density at radius 2 is 2.13 bits per heavy atom. The fourth-order valence-corrected chi connectivity index (χ4v) is 5.63. The van der Waals surface area contributed by atoms with Crippen LogP contribution in [0.1, 0.15) is 60.1 Å². The molecule has 0 saturated heterocycles. The van der Waals surface area contributed by atoms with Gasteiger partial charge in [0.25, 0.3) is 0 Å². The molecule has 2 aromatic heterocycles. The number of thiophene rings is 1. The first-order valence-corrected chi connectivity index (χ1v) is 10.1. The van der Waals surface area contributed by atoms with Crippen molar-refractivity contribution in [1.29, 1.82) is 0 Å². The first-order valence-electron chi connectivity index (χ1n) is 7.82. The molecule has 2 aromatic rings. The number of aromatic nitrogens is 3. The van der Waals surface area contributed by atoms with Gasteiger partial charge < -0.3 is 0 Å². The molecule has 0 aromatic carbocycles. The summed E-state index contributed by atoms with van der Waals surface area (Å²) in [7, 11) is -3.54. The molecule has 1 atom stereocenters. The monoisotopic (exact) mass is 354 g/mol. The average molecular weight is 355 g/mol. The molecule has 3 heterocycles. The van der Waals surface area contributed by atoms with Crippen molar-refractivity contribution in [3.8, 4) is 0 Å². The van der Waals surface area contributed by atoms with Crippen LogP contribution in [0.4, 0.5) is 0 Å². The van der Waals surface area contributed by atoms with Crippen LogP contribution < -0.4 is 4.72 Å². The minimum Gasteiger partial charge on any atom is -0.248 e. The summed E-state index contributed by atoms with van der Waals surface area (Å²) >= 11 is 1.50. The molecule has 6 nitrogen and oxygen atoms in total. The maximum Gasteiger partial charge on any atom is 0.242 e. The predicted octanol–water partition coefficient (Wildman–Crippen LogP) is 2.89. The first kappa shape index (κ1) is 16.6. The zero-order chi connectivity index (χ0) is 16.8. The molecule has 1 N–H and O–H groups in total. The number of hydrogen-bond donors (Lipinski definition) is 1. The number of hydrogen-bond acceptors (Lipinski definition) is 5. The topological polar surface area (TPSA) is 76.9 Å². The van der Waals surface area contributed by atoms with Crippen molar-refractivity contribution in [1.82, 2.24) is 19.5 Å². The van der Waals surface area contributed by atoms with Gasteiger partial charge in [-0.25, -0.2) is 22.8 Å². The summed E-state index contributed by atoms with van der Waals surface area (Å²) in [6.45, 7) is 8.63. The van der Waals surface area contributed by atoms with Crippen molar-refractivity contribution in [3.05, 3.63) is 27.5 Å². The fourth-order valence-electron chi connectivity index (χ4n) is 2.85. The molecule has 1 aliphatic heterocycles. The number of rotatable bonds is 4. The molecule has 8 heteroatoms. The Morgan fingerprint density at radius 1 is 1.39 bits per heavy atom. The maximum absolute atomic E-state index is 12.7. The summed E-state index contributed by atoms with van der Waals surface area (Å²) < 4.78 is 30.1. The van der Waals surface area contributed by atoms with E-state index in [-0.39, 0.29) is 12.0 Å². The normalized spacial score (nSPS) is 18.4. The molecular formula is C15H22N4O2S2. The number of aryl methyl sites for hydroxylation is 3. The van der Waals surface area contributed by atoms with Gasteiger partial charge in [0.15, 0.2) is 5.82 Å². The molecule has 0 bridgehead atoms. The van der Waals surface area contributed by atoms with Gasteiger partial charge in [-0.2, -0.15) is 5.10 Å². The van der Waals surface area contributed by atoms with Crippen molar-refractivity contribution in [2.75, 3.05) is 0 Å². The standard InChI is InChI=1S/C15H22N4O2S2/c1-9(2)14-16-15-12(6-5-7-19(15)17-14)18-23(20,21)13-8-10(3)22-11(13)4/h8-9,12,18H,5-7H2,1-4H3. The average Bonchev–Trinajstić information content (AvgIpc) is 3.02. The quantitative estimate of drug-likeness (QED) is 0.916. The van der Waals surface area contributed by atoms with Gasteiger partial charge in [0.05, 0.1) is 10.9 Å². The Labute approximate surface area is 141 Å². The Balaban J connectivity index is 1.91. The van der Waals surface area contributed by atoms with E-state index in [1.807, 2.05) is 32.4 Å². The Bertz CT molecular complexity index is 821. The van der Waals surface area contributed by atoms with E-state index in [0.29, 0.717) is 4.90 Å². The van der Waals surface area contributed by atoms with E-state index in [1.165, 1.54) is 11.3 Å². The van der Waals surface area contributed by atoms with Crippen LogP contribution in [-0.4, -0.2) is 23.2 Å². The van der Waals surface area contributed by atoms with Crippen LogP contribution in [0, 0.1) is 13.8 Å². The molecular weight excluding hydrogens is 332 g/mol. The van der Waals surface area contributed by atoms with Crippen LogP contribution in [-0.2, 0) is 16.6 Å². The van der Waals surface area contributed by atoms with Crippen LogP contribution in [0.25, 0.3) is 0 Å². The van der Waals surface area contributed by atoms with Crippen molar-refractivity contribution >= 4 is 21.4 Å². The number of fused-ring (bicyclic) bond motifs is 1. The second-order valence-corrected chi connectivity index (χ2v) is 9.44. The highest BCUT2D eigenvalue weighted by Gasteiger charge is 2.30. The van der Waals surface area contributed by atoms with E-state index in [4.69, 9.17) is 0 Å². The van der Waals surface area contributed by atoms with Crippen molar-refractivity contribution in [3.63, 3.8) is 0 Å². The SMILES string of the molecule is Cc1cc(S(=O)(=O)NC2CCCn3nc(C(C)C)nc32)c(C)s1. The Hall–Kier alpha value is -1.25. The molecule has 0 spiro atoms. The second kappa shape index (κ2) is 5.99. The van der Waals surface area contributed by atoms with Gasteiger partial charge in [0, 0.05) is 22.2 Å². The summed E-state index contributed by atoms with van der Waals surface area (Å²) in [5.74, 6) is 1.73. The summed E-state index contributed by atoms with van der Waals surface area (Å²) in [6.07, 6.45) is 1.64. The fraction of sp³-hybridized carbons (Fsp3) is 0.600. The largest absolute Gasteiger partial charge is 0.248 e. The molecule has 3 rings (SSSR count). The van der Waals surface area contributed by atoms with Gasteiger partial charge in [0.1, 0.15) is 5.82 Å². The predicted molar refractivity (Wildman–Crippen MR) is 90.2 cm³/mol. The van der Waals surface area contributed by atoms with E-state index in [0.717, 1.165) is 40.8 Å². The highest BCUT2D eigenvalue weighted by molar-refractivity contribution is 7.89. The Morgan fingerprint density at radius 3 is 2.74 bits per heavy atom. The van der Waals surface area contributed by atoms with E-state index in [2.05, 4.69) is 14.8 Å².